The highest BCUT2D eigenvalue weighted by Crippen LogP contribution is 2.41. The van der Waals surface area contributed by atoms with Crippen molar-refractivity contribution in [3.8, 4) is 0 Å². The van der Waals surface area contributed by atoms with E-state index in [-0.39, 0.29) is 0 Å². The van der Waals surface area contributed by atoms with Gasteiger partial charge < -0.3 is 5.11 Å². The van der Waals surface area contributed by atoms with Gasteiger partial charge in [0, 0.05) is 0 Å². The zero-order valence-corrected chi connectivity index (χ0v) is 8.03. The summed E-state index contributed by atoms with van der Waals surface area (Å²) < 4.78 is 0. The summed E-state index contributed by atoms with van der Waals surface area (Å²) in [5.74, 6) is 0.658. The molecule has 0 radical (unpaired) electrons. The maximum Gasteiger partial charge on any atom is 0.0899 e. The number of rotatable bonds is 1. The summed E-state index contributed by atoms with van der Waals surface area (Å²) in [6.45, 7) is 2.21. The highest BCUT2D eigenvalue weighted by Gasteiger charge is 2.36. The van der Waals surface area contributed by atoms with Crippen LogP contribution in [0.3, 0.4) is 0 Å². The standard InChI is InChI=1S/C12H16O/c1-10-7-8-12(13,9-10)11-5-3-2-4-6-11/h2-6,10,13H,7-9H2,1H3. The SMILES string of the molecule is CC1CCC(O)(c2ccccc2)C1. The predicted octanol–water partition coefficient (Wildman–Crippen LogP) is 2.69. The third kappa shape index (κ3) is 1.61. The molecule has 0 aliphatic heterocycles. The third-order valence-electron chi connectivity index (χ3n) is 3.05. The number of aliphatic hydroxyl groups is 1. The molecule has 2 rings (SSSR count). The summed E-state index contributed by atoms with van der Waals surface area (Å²) in [4.78, 5) is 0. The van der Waals surface area contributed by atoms with Crippen LogP contribution in [0.15, 0.2) is 30.3 Å². The van der Waals surface area contributed by atoms with Gasteiger partial charge in [0.05, 0.1) is 5.60 Å². The topological polar surface area (TPSA) is 20.2 Å². The minimum Gasteiger partial charge on any atom is -0.385 e. The van der Waals surface area contributed by atoms with Crippen molar-refractivity contribution in [1.82, 2.24) is 0 Å². The van der Waals surface area contributed by atoms with E-state index >= 15 is 0 Å². The van der Waals surface area contributed by atoms with Crippen molar-refractivity contribution in [1.29, 1.82) is 0 Å². The van der Waals surface area contributed by atoms with Crippen molar-refractivity contribution in [2.75, 3.05) is 0 Å². The first kappa shape index (κ1) is 8.76. The Bertz CT molecular complexity index is 280. The van der Waals surface area contributed by atoms with Gasteiger partial charge in [-0.1, -0.05) is 37.3 Å². The summed E-state index contributed by atoms with van der Waals surface area (Å²) in [6.07, 6.45) is 2.97. The van der Waals surface area contributed by atoms with Crippen LogP contribution in [0.2, 0.25) is 0 Å². The molecule has 0 spiro atoms. The van der Waals surface area contributed by atoms with Gasteiger partial charge in [-0.25, -0.2) is 0 Å². The van der Waals surface area contributed by atoms with Crippen LogP contribution in [0.25, 0.3) is 0 Å². The Labute approximate surface area is 79.4 Å². The fourth-order valence-electron chi connectivity index (χ4n) is 2.28. The molecule has 1 aliphatic rings. The Morgan fingerprint density at radius 1 is 1.31 bits per heavy atom. The molecule has 0 saturated heterocycles. The normalized spacial score (nSPS) is 33.5. The number of hydrogen-bond donors (Lipinski definition) is 1. The van der Waals surface area contributed by atoms with Crippen molar-refractivity contribution >= 4 is 0 Å². The monoisotopic (exact) mass is 176 g/mol. The van der Waals surface area contributed by atoms with E-state index in [1.807, 2.05) is 30.3 Å². The highest BCUT2D eigenvalue weighted by atomic mass is 16.3. The molecule has 2 unspecified atom stereocenters. The molecule has 0 amide bonds. The first-order valence-corrected chi connectivity index (χ1v) is 4.99. The fraction of sp³-hybridized carbons (Fsp3) is 0.500. The summed E-state index contributed by atoms with van der Waals surface area (Å²) in [7, 11) is 0. The third-order valence-corrected chi connectivity index (χ3v) is 3.05. The Morgan fingerprint density at radius 3 is 2.54 bits per heavy atom. The first-order valence-electron chi connectivity index (χ1n) is 4.99. The van der Waals surface area contributed by atoms with Crippen LogP contribution in [0, 0.1) is 5.92 Å². The van der Waals surface area contributed by atoms with Gasteiger partial charge in [-0.2, -0.15) is 0 Å². The van der Waals surface area contributed by atoms with E-state index in [4.69, 9.17) is 0 Å². The maximum absolute atomic E-state index is 10.3. The molecule has 1 aromatic carbocycles. The molecular weight excluding hydrogens is 160 g/mol. The van der Waals surface area contributed by atoms with Gasteiger partial charge in [0.2, 0.25) is 0 Å². The zero-order chi connectivity index (χ0) is 9.31. The minimum atomic E-state index is -0.541. The van der Waals surface area contributed by atoms with Crippen LogP contribution in [-0.2, 0) is 5.60 Å². The predicted molar refractivity (Wildman–Crippen MR) is 53.4 cm³/mol. The molecule has 1 nitrogen and oxygen atoms in total. The average molecular weight is 176 g/mol. The van der Waals surface area contributed by atoms with Crippen molar-refractivity contribution in [2.24, 2.45) is 5.92 Å². The highest BCUT2D eigenvalue weighted by molar-refractivity contribution is 5.23. The van der Waals surface area contributed by atoms with Crippen LogP contribution in [0.5, 0.6) is 0 Å². The second kappa shape index (κ2) is 3.15. The van der Waals surface area contributed by atoms with Crippen LogP contribution in [0.1, 0.15) is 31.7 Å². The summed E-state index contributed by atoms with van der Waals surface area (Å²) in [6, 6.07) is 10.0. The van der Waals surface area contributed by atoms with Gasteiger partial charge in [0.15, 0.2) is 0 Å². The summed E-state index contributed by atoms with van der Waals surface area (Å²) in [5.41, 5.74) is 0.542. The minimum absolute atomic E-state index is 0.541. The van der Waals surface area contributed by atoms with Crippen molar-refractivity contribution in [3.05, 3.63) is 35.9 Å². The Kier molecular flexibility index (Phi) is 2.12. The molecule has 1 saturated carbocycles. The van der Waals surface area contributed by atoms with Gasteiger partial charge >= 0.3 is 0 Å². The Balaban J connectivity index is 2.26. The van der Waals surface area contributed by atoms with E-state index in [2.05, 4.69) is 6.92 Å². The lowest BCUT2D eigenvalue weighted by Crippen LogP contribution is -2.21. The Hall–Kier alpha value is -0.820. The molecule has 1 fully saturated rings. The number of hydrogen-bond acceptors (Lipinski definition) is 1. The molecule has 0 bridgehead atoms. The largest absolute Gasteiger partial charge is 0.385 e. The van der Waals surface area contributed by atoms with Crippen molar-refractivity contribution in [2.45, 2.75) is 31.8 Å². The van der Waals surface area contributed by atoms with E-state index in [1.54, 1.807) is 0 Å². The lowest BCUT2D eigenvalue weighted by Gasteiger charge is -2.22. The van der Waals surface area contributed by atoms with E-state index in [1.165, 1.54) is 0 Å². The van der Waals surface area contributed by atoms with Gasteiger partial charge in [0.1, 0.15) is 0 Å². The quantitative estimate of drug-likeness (QED) is 0.697. The average Bonchev–Trinajstić information content (AvgIpc) is 2.49. The van der Waals surface area contributed by atoms with Crippen LogP contribution in [-0.4, -0.2) is 5.11 Å². The van der Waals surface area contributed by atoms with Gasteiger partial charge in [-0.05, 0) is 30.7 Å². The molecule has 1 N–H and O–H groups in total. The van der Waals surface area contributed by atoms with Crippen LogP contribution < -0.4 is 0 Å². The van der Waals surface area contributed by atoms with Gasteiger partial charge in [-0.3, -0.25) is 0 Å². The zero-order valence-electron chi connectivity index (χ0n) is 8.03. The van der Waals surface area contributed by atoms with E-state index < -0.39 is 5.60 Å². The lowest BCUT2D eigenvalue weighted by atomic mass is 9.91. The second-order valence-corrected chi connectivity index (χ2v) is 4.25. The molecule has 0 heterocycles. The van der Waals surface area contributed by atoms with E-state index in [0.717, 1.165) is 24.8 Å². The Morgan fingerprint density at radius 2 is 2.00 bits per heavy atom. The van der Waals surface area contributed by atoms with E-state index in [0.29, 0.717) is 5.92 Å². The van der Waals surface area contributed by atoms with Crippen molar-refractivity contribution in [3.63, 3.8) is 0 Å². The molecule has 1 aromatic rings. The second-order valence-electron chi connectivity index (χ2n) is 4.25. The summed E-state index contributed by atoms with van der Waals surface area (Å²) >= 11 is 0. The maximum atomic E-state index is 10.3. The lowest BCUT2D eigenvalue weighted by molar-refractivity contribution is 0.0408. The van der Waals surface area contributed by atoms with Crippen LogP contribution >= 0.6 is 0 Å². The number of benzene rings is 1. The molecule has 1 heteroatoms. The molecule has 70 valence electrons. The molecular formula is C12H16O. The van der Waals surface area contributed by atoms with Crippen LogP contribution in [0.4, 0.5) is 0 Å². The smallest absolute Gasteiger partial charge is 0.0899 e. The van der Waals surface area contributed by atoms with E-state index in [9.17, 15) is 5.11 Å². The fourth-order valence-corrected chi connectivity index (χ4v) is 2.28. The molecule has 1 aliphatic carbocycles. The van der Waals surface area contributed by atoms with Gasteiger partial charge in [-0.15, -0.1) is 0 Å². The molecule has 0 aromatic heterocycles. The molecule has 13 heavy (non-hydrogen) atoms. The van der Waals surface area contributed by atoms with Crippen molar-refractivity contribution < 1.29 is 5.11 Å². The summed E-state index contributed by atoms with van der Waals surface area (Å²) in [5, 5.41) is 10.3. The molecule has 2 atom stereocenters. The first-order chi connectivity index (χ1) is 6.21. The van der Waals surface area contributed by atoms with Gasteiger partial charge in [0.25, 0.3) is 0 Å².